The van der Waals surface area contributed by atoms with Crippen LogP contribution in [0.25, 0.3) is 11.8 Å². The van der Waals surface area contributed by atoms with Crippen LogP contribution in [0.3, 0.4) is 0 Å². The first kappa shape index (κ1) is 23.1. The van der Waals surface area contributed by atoms with Crippen molar-refractivity contribution in [1.82, 2.24) is 35.0 Å². The van der Waals surface area contributed by atoms with E-state index in [9.17, 15) is 0 Å². The molecular formula is C28H31N7. The number of aromatic nitrogens is 5. The first-order valence-corrected chi connectivity index (χ1v) is 12.1. The Bertz CT molecular complexity index is 1240. The summed E-state index contributed by atoms with van der Waals surface area (Å²) in [5.74, 6) is 0.839. The van der Waals surface area contributed by atoms with E-state index >= 15 is 0 Å². The van der Waals surface area contributed by atoms with Gasteiger partial charge in [-0.15, -0.1) is 5.10 Å². The van der Waals surface area contributed by atoms with Gasteiger partial charge in [0.25, 0.3) is 0 Å². The molecule has 0 spiro atoms. The average molecular weight is 466 g/mol. The van der Waals surface area contributed by atoms with Crippen molar-refractivity contribution >= 4 is 6.08 Å². The van der Waals surface area contributed by atoms with Crippen molar-refractivity contribution in [1.29, 1.82) is 0 Å². The number of tetrazole rings is 1. The second-order valence-electron chi connectivity index (χ2n) is 9.02. The Hall–Kier alpha value is -3.68. The quantitative estimate of drug-likeness (QED) is 0.410. The van der Waals surface area contributed by atoms with Gasteiger partial charge in [0, 0.05) is 45.1 Å². The third-order valence-corrected chi connectivity index (χ3v) is 6.66. The molecule has 0 amide bonds. The third-order valence-electron chi connectivity index (χ3n) is 6.66. The number of nitrogens with zero attached hydrogens (tertiary/aromatic N) is 7. The molecule has 7 nitrogen and oxygen atoms in total. The summed E-state index contributed by atoms with van der Waals surface area (Å²) in [6.45, 7) is 9.02. The van der Waals surface area contributed by atoms with Gasteiger partial charge in [-0.2, -0.15) is 4.68 Å². The monoisotopic (exact) mass is 465 g/mol. The van der Waals surface area contributed by atoms with E-state index < -0.39 is 0 Å². The van der Waals surface area contributed by atoms with E-state index in [4.69, 9.17) is 0 Å². The number of pyridine rings is 1. The molecule has 3 heterocycles. The molecule has 1 aliphatic rings. The van der Waals surface area contributed by atoms with E-state index in [1.54, 1.807) is 0 Å². The maximum absolute atomic E-state index is 4.54. The fourth-order valence-corrected chi connectivity index (χ4v) is 4.84. The largest absolute Gasteiger partial charge is 0.297 e. The Labute approximate surface area is 206 Å². The Morgan fingerprint density at radius 2 is 1.57 bits per heavy atom. The van der Waals surface area contributed by atoms with Gasteiger partial charge < -0.3 is 0 Å². The van der Waals surface area contributed by atoms with Crippen LogP contribution in [0, 0.1) is 13.8 Å². The molecule has 2 aromatic carbocycles. The lowest BCUT2D eigenvalue weighted by molar-refractivity contribution is 0.113. The number of hydrogen-bond donors (Lipinski definition) is 0. The van der Waals surface area contributed by atoms with Crippen LogP contribution in [0.1, 0.15) is 34.1 Å². The van der Waals surface area contributed by atoms with Gasteiger partial charge in [0.15, 0.2) is 5.82 Å². The second kappa shape index (κ2) is 10.7. The minimum Gasteiger partial charge on any atom is -0.297 e. The highest BCUT2D eigenvalue weighted by molar-refractivity contribution is 5.49. The van der Waals surface area contributed by atoms with Gasteiger partial charge in [0.1, 0.15) is 0 Å². The van der Waals surface area contributed by atoms with Crippen molar-refractivity contribution < 1.29 is 0 Å². The lowest BCUT2D eigenvalue weighted by Crippen LogP contribution is -2.48. The smallest absolute Gasteiger partial charge is 0.178 e. The van der Waals surface area contributed by atoms with Crippen molar-refractivity contribution in [2.24, 2.45) is 0 Å². The van der Waals surface area contributed by atoms with Gasteiger partial charge in [0.05, 0.1) is 11.7 Å². The van der Waals surface area contributed by atoms with Gasteiger partial charge in [-0.1, -0.05) is 60.7 Å². The predicted molar refractivity (Wildman–Crippen MR) is 138 cm³/mol. The van der Waals surface area contributed by atoms with Gasteiger partial charge in [-0.3, -0.25) is 14.8 Å². The number of rotatable bonds is 7. The normalized spacial score (nSPS) is 16.1. The highest BCUT2D eigenvalue weighted by atomic mass is 15.6. The number of para-hydroxylation sites is 1. The van der Waals surface area contributed by atoms with Crippen molar-refractivity contribution in [3.8, 4) is 5.69 Å². The molecule has 0 saturated carbocycles. The molecule has 1 aliphatic heterocycles. The lowest BCUT2D eigenvalue weighted by atomic mass is 10.0. The van der Waals surface area contributed by atoms with Crippen LogP contribution in [0.15, 0.2) is 79.1 Å². The van der Waals surface area contributed by atoms with Crippen molar-refractivity contribution in [3.05, 3.63) is 107 Å². The molecule has 0 unspecified atom stereocenters. The summed E-state index contributed by atoms with van der Waals surface area (Å²) >= 11 is 0. The van der Waals surface area contributed by atoms with Crippen LogP contribution in [-0.4, -0.2) is 67.7 Å². The summed E-state index contributed by atoms with van der Waals surface area (Å²) in [4.78, 5) is 9.22. The molecule has 5 rings (SSSR count). The summed E-state index contributed by atoms with van der Waals surface area (Å²) in [5.41, 5.74) is 5.75. The van der Waals surface area contributed by atoms with Crippen LogP contribution >= 0.6 is 0 Å². The van der Waals surface area contributed by atoms with E-state index in [0.29, 0.717) is 0 Å². The molecule has 4 aromatic rings. The van der Waals surface area contributed by atoms with Gasteiger partial charge in [0.2, 0.25) is 0 Å². The Morgan fingerprint density at radius 1 is 0.857 bits per heavy atom. The van der Waals surface area contributed by atoms with Crippen LogP contribution in [0.2, 0.25) is 0 Å². The third kappa shape index (κ3) is 5.21. The zero-order chi connectivity index (χ0) is 24.0. The molecule has 2 aromatic heterocycles. The van der Waals surface area contributed by atoms with E-state index in [2.05, 4.69) is 111 Å². The standard InChI is InChI=1S/C28H31N7/c1-22-8-6-9-23(2)26(22)35-28(30-31-32-35)27(25-13-15-29-16-14-25)34-20-18-33(19-21-34)17-7-12-24-10-4-3-5-11-24/h3-16,27H,17-21H2,1-2H3/t27-/m1/s1. The van der Waals surface area contributed by atoms with E-state index in [1.807, 2.05) is 23.1 Å². The van der Waals surface area contributed by atoms with Crippen LogP contribution in [0.4, 0.5) is 0 Å². The zero-order valence-electron chi connectivity index (χ0n) is 20.3. The van der Waals surface area contributed by atoms with Crippen molar-refractivity contribution in [3.63, 3.8) is 0 Å². The molecule has 1 fully saturated rings. The van der Waals surface area contributed by atoms with Gasteiger partial charge in [-0.25, -0.2) is 0 Å². The maximum Gasteiger partial charge on any atom is 0.178 e. The molecule has 1 saturated heterocycles. The summed E-state index contributed by atoms with van der Waals surface area (Å²) < 4.78 is 1.92. The maximum atomic E-state index is 4.54. The van der Waals surface area contributed by atoms with E-state index in [-0.39, 0.29) is 6.04 Å². The Balaban J connectivity index is 1.37. The molecule has 35 heavy (non-hydrogen) atoms. The molecule has 178 valence electrons. The van der Waals surface area contributed by atoms with E-state index in [1.165, 1.54) is 5.56 Å². The molecule has 7 heteroatoms. The summed E-state index contributed by atoms with van der Waals surface area (Å²) in [6.07, 6.45) is 8.15. The fraction of sp³-hybridized carbons (Fsp3) is 0.286. The van der Waals surface area contributed by atoms with Gasteiger partial charge >= 0.3 is 0 Å². The topological polar surface area (TPSA) is 63.0 Å². The zero-order valence-corrected chi connectivity index (χ0v) is 20.3. The van der Waals surface area contributed by atoms with Gasteiger partial charge in [-0.05, 0) is 58.7 Å². The highest BCUT2D eigenvalue weighted by Gasteiger charge is 2.31. The van der Waals surface area contributed by atoms with Crippen LogP contribution in [-0.2, 0) is 0 Å². The Kier molecular flexibility index (Phi) is 7.07. The molecule has 0 aliphatic carbocycles. The molecule has 1 atom stereocenters. The second-order valence-corrected chi connectivity index (χ2v) is 9.02. The fourth-order valence-electron chi connectivity index (χ4n) is 4.84. The highest BCUT2D eigenvalue weighted by Crippen LogP contribution is 2.30. The average Bonchev–Trinajstić information content (AvgIpc) is 3.35. The summed E-state index contributed by atoms with van der Waals surface area (Å²) in [7, 11) is 0. The van der Waals surface area contributed by atoms with Crippen LogP contribution < -0.4 is 0 Å². The number of aryl methyl sites for hydroxylation is 2. The molecule has 0 bridgehead atoms. The van der Waals surface area contributed by atoms with Crippen LogP contribution in [0.5, 0.6) is 0 Å². The van der Waals surface area contributed by atoms with E-state index in [0.717, 1.165) is 60.9 Å². The SMILES string of the molecule is Cc1cccc(C)c1-n1nnnc1[C@@H](c1ccncc1)N1CCN(CC=Cc2ccccc2)CC1. The van der Waals surface area contributed by atoms with Crippen molar-refractivity contribution in [2.75, 3.05) is 32.7 Å². The summed E-state index contributed by atoms with van der Waals surface area (Å²) in [5, 5.41) is 13.1. The minimum absolute atomic E-state index is 0.0472. The number of benzene rings is 2. The summed E-state index contributed by atoms with van der Waals surface area (Å²) in [6, 6.07) is 20.8. The minimum atomic E-state index is -0.0472. The number of piperazine rings is 1. The van der Waals surface area contributed by atoms with Crippen molar-refractivity contribution in [2.45, 2.75) is 19.9 Å². The first-order chi connectivity index (χ1) is 17.2. The first-order valence-electron chi connectivity index (χ1n) is 12.1. The molecule has 0 radical (unpaired) electrons. The number of hydrogen-bond acceptors (Lipinski definition) is 6. The lowest BCUT2D eigenvalue weighted by Gasteiger charge is -2.38. The Morgan fingerprint density at radius 3 is 2.29 bits per heavy atom. The predicted octanol–water partition coefficient (Wildman–Crippen LogP) is 4.09. The molecular weight excluding hydrogens is 434 g/mol. The molecule has 0 N–H and O–H groups in total.